The predicted molar refractivity (Wildman–Crippen MR) is 44.4 cm³/mol. The topological polar surface area (TPSA) is 26.3 Å². The number of hydrogen-bond donors (Lipinski definition) is 0. The third-order valence-electron chi connectivity index (χ3n) is 1.35. The number of carbonyl (C=O) groups is 1. The van der Waals surface area contributed by atoms with Gasteiger partial charge in [-0.2, -0.15) is 0 Å². The molecule has 0 amide bonds. The van der Waals surface area contributed by atoms with Crippen LogP contribution in [0.1, 0.15) is 13.8 Å². The van der Waals surface area contributed by atoms with Gasteiger partial charge in [-0.05, 0) is 13.5 Å². The summed E-state index contributed by atoms with van der Waals surface area (Å²) in [5, 5.41) is 0. The molecule has 1 unspecified atom stereocenters. The van der Waals surface area contributed by atoms with Crippen LogP contribution in [0.2, 0.25) is 12.6 Å². The maximum absolute atomic E-state index is 12.5. The van der Waals surface area contributed by atoms with Crippen LogP contribution in [0, 0.1) is 5.92 Å². The standard InChI is InChI=1S/C7H14F2O2Si/c1-4-11-7(10)6(2)5-12(3,8)9/h6H,4-5H2,1-3H3. The van der Waals surface area contributed by atoms with E-state index in [2.05, 4.69) is 4.74 Å². The fraction of sp³-hybridized carbons (Fsp3) is 0.857. The summed E-state index contributed by atoms with van der Waals surface area (Å²) >= 11 is 0. The molecule has 0 bridgehead atoms. The molecule has 0 aromatic heterocycles. The normalized spacial score (nSPS) is 14.1. The molecule has 2 nitrogen and oxygen atoms in total. The number of hydrogen-bond acceptors (Lipinski definition) is 2. The zero-order valence-corrected chi connectivity index (χ0v) is 8.56. The van der Waals surface area contributed by atoms with Crippen LogP contribution in [-0.2, 0) is 9.53 Å². The van der Waals surface area contributed by atoms with Gasteiger partial charge < -0.3 is 4.74 Å². The molecule has 72 valence electrons. The summed E-state index contributed by atoms with van der Waals surface area (Å²) < 4.78 is 29.6. The number of ether oxygens (including phenoxy) is 1. The summed E-state index contributed by atoms with van der Waals surface area (Å²) in [5.41, 5.74) is 0. The van der Waals surface area contributed by atoms with E-state index >= 15 is 0 Å². The largest absolute Gasteiger partial charge is 0.466 e. The Morgan fingerprint density at radius 3 is 2.42 bits per heavy atom. The Kier molecular flexibility index (Phi) is 4.37. The lowest BCUT2D eigenvalue weighted by molar-refractivity contribution is -0.146. The van der Waals surface area contributed by atoms with Crippen molar-refractivity contribution in [1.29, 1.82) is 0 Å². The lowest BCUT2D eigenvalue weighted by Crippen LogP contribution is -2.25. The minimum absolute atomic E-state index is 0.250. The fourth-order valence-electron chi connectivity index (χ4n) is 0.905. The highest BCUT2D eigenvalue weighted by Crippen LogP contribution is 2.20. The minimum Gasteiger partial charge on any atom is -0.466 e. The zero-order chi connectivity index (χ0) is 9.78. The van der Waals surface area contributed by atoms with E-state index < -0.39 is 20.6 Å². The van der Waals surface area contributed by atoms with Crippen LogP contribution < -0.4 is 0 Å². The van der Waals surface area contributed by atoms with Crippen LogP contribution in [0.4, 0.5) is 8.22 Å². The van der Waals surface area contributed by atoms with Gasteiger partial charge >= 0.3 is 14.7 Å². The first kappa shape index (κ1) is 11.5. The van der Waals surface area contributed by atoms with Gasteiger partial charge in [-0.15, -0.1) is 0 Å². The third kappa shape index (κ3) is 5.23. The van der Waals surface area contributed by atoms with E-state index in [0.717, 1.165) is 6.55 Å². The van der Waals surface area contributed by atoms with Crippen molar-refractivity contribution in [2.75, 3.05) is 6.61 Å². The van der Waals surface area contributed by atoms with Gasteiger partial charge in [-0.1, -0.05) is 6.92 Å². The van der Waals surface area contributed by atoms with Crippen LogP contribution >= 0.6 is 0 Å². The lowest BCUT2D eigenvalue weighted by atomic mass is 10.2. The molecular weight excluding hydrogens is 182 g/mol. The molecule has 0 saturated carbocycles. The molecule has 0 aliphatic carbocycles. The molecular formula is C7H14F2O2Si. The molecule has 1 atom stereocenters. The Labute approximate surface area is 72.3 Å². The van der Waals surface area contributed by atoms with Gasteiger partial charge in [0.2, 0.25) is 0 Å². The first-order valence-electron chi connectivity index (χ1n) is 3.91. The van der Waals surface area contributed by atoms with Gasteiger partial charge in [0.15, 0.2) is 0 Å². The Morgan fingerprint density at radius 1 is 1.58 bits per heavy atom. The lowest BCUT2D eigenvalue weighted by Gasteiger charge is -2.12. The van der Waals surface area contributed by atoms with E-state index in [1.165, 1.54) is 6.92 Å². The summed E-state index contributed by atoms with van der Waals surface area (Å²) in [6.45, 7) is 4.32. The zero-order valence-electron chi connectivity index (χ0n) is 7.56. The molecule has 0 rings (SSSR count). The number of esters is 1. The monoisotopic (exact) mass is 196 g/mol. The second kappa shape index (κ2) is 4.54. The highest BCUT2D eigenvalue weighted by Gasteiger charge is 2.33. The molecule has 0 fully saturated rings. The van der Waals surface area contributed by atoms with E-state index in [1.807, 2.05) is 0 Å². The Balaban J connectivity index is 3.87. The summed E-state index contributed by atoms with van der Waals surface area (Å²) in [6.07, 6.45) is 0. The molecule has 0 spiro atoms. The van der Waals surface area contributed by atoms with E-state index in [0.29, 0.717) is 0 Å². The summed E-state index contributed by atoms with van der Waals surface area (Å²) in [5.74, 6) is -1.19. The van der Waals surface area contributed by atoms with Crippen LogP contribution in [0.15, 0.2) is 0 Å². The van der Waals surface area contributed by atoms with E-state index in [1.54, 1.807) is 6.92 Å². The minimum atomic E-state index is -4.11. The average Bonchev–Trinajstić information content (AvgIpc) is 1.84. The van der Waals surface area contributed by atoms with Crippen molar-refractivity contribution in [3.63, 3.8) is 0 Å². The molecule has 0 radical (unpaired) electrons. The summed E-state index contributed by atoms with van der Waals surface area (Å²) in [6, 6.07) is -0.314. The first-order valence-corrected chi connectivity index (χ1v) is 6.37. The number of carbonyl (C=O) groups excluding carboxylic acids is 1. The molecule has 0 aliphatic heterocycles. The molecule has 0 aromatic rings. The number of halogens is 2. The summed E-state index contributed by atoms with van der Waals surface area (Å²) in [7, 11) is -4.11. The highest BCUT2D eigenvalue weighted by molar-refractivity contribution is 6.64. The van der Waals surface area contributed by atoms with Gasteiger partial charge in [0.25, 0.3) is 0 Å². The van der Waals surface area contributed by atoms with Crippen molar-refractivity contribution >= 4 is 14.7 Å². The molecule has 0 aromatic carbocycles. The van der Waals surface area contributed by atoms with E-state index in [4.69, 9.17) is 0 Å². The maximum Gasteiger partial charge on any atom is 0.422 e. The molecule has 12 heavy (non-hydrogen) atoms. The molecule has 0 N–H and O–H groups in total. The van der Waals surface area contributed by atoms with E-state index in [9.17, 15) is 13.0 Å². The second-order valence-corrected chi connectivity index (χ2v) is 5.48. The van der Waals surface area contributed by atoms with Crippen molar-refractivity contribution in [2.24, 2.45) is 5.92 Å². The fourth-order valence-corrected chi connectivity index (χ4v) is 2.15. The van der Waals surface area contributed by atoms with Gasteiger partial charge in [-0.3, -0.25) is 13.0 Å². The Bertz CT molecular complexity index is 156. The van der Waals surface area contributed by atoms with E-state index in [-0.39, 0.29) is 12.7 Å². The van der Waals surface area contributed by atoms with Gasteiger partial charge in [0, 0.05) is 6.04 Å². The molecule has 0 heterocycles. The van der Waals surface area contributed by atoms with Gasteiger partial charge in [-0.25, -0.2) is 0 Å². The van der Waals surface area contributed by atoms with Crippen molar-refractivity contribution in [2.45, 2.75) is 26.4 Å². The Morgan fingerprint density at radius 2 is 2.08 bits per heavy atom. The van der Waals surface area contributed by atoms with Gasteiger partial charge in [0.1, 0.15) is 0 Å². The van der Waals surface area contributed by atoms with Crippen LogP contribution in [0.5, 0.6) is 0 Å². The smallest absolute Gasteiger partial charge is 0.422 e. The SMILES string of the molecule is CCOC(=O)C(C)C[Si](C)(F)F. The van der Waals surface area contributed by atoms with Crippen LogP contribution in [-0.4, -0.2) is 21.3 Å². The van der Waals surface area contributed by atoms with Crippen LogP contribution in [0.3, 0.4) is 0 Å². The van der Waals surface area contributed by atoms with Crippen molar-refractivity contribution in [3.05, 3.63) is 0 Å². The van der Waals surface area contributed by atoms with Crippen molar-refractivity contribution in [1.82, 2.24) is 0 Å². The quantitative estimate of drug-likeness (QED) is 0.391. The molecule has 0 aliphatic rings. The third-order valence-corrected chi connectivity index (χ3v) is 2.68. The Hall–Kier alpha value is -0.453. The predicted octanol–water partition coefficient (Wildman–Crippen LogP) is 2.20. The average molecular weight is 196 g/mol. The molecule has 0 saturated heterocycles. The first-order chi connectivity index (χ1) is 5.37. The second-order valence-electron chi connectivity index (χ2n) is 2.93. The maximum atomic E-state index is 12.5. The van der Waals surface area contributed by atoms with Crippen molar-refractivity contribution < 1.29 is 17.7 Å². The number of rotatable bonds is 4. The van der Waals surface area contributed by atoms with Gasteiger partial charge in [0.05, 0.1) is 12.5 Å². The highest BCUT2D eigenvalue weighted by atomic mass is 28.4. The van der Waals surface area contributed by atoms with Crippen LogP contribution in [0.25, 0.3) is 0 Å². The molecule has 5 heteroatoms. The summed E-state index contributed by atoms with van der Waals surface area (Å²) in [4.78, 5) is 10.9. The van der Waals surface area contributed by atoms with Crippen molar-refractivity contribution in [3.8, 4) is 0 Å².